The van der Waals surface area contributed by atoms with Crippen LogP contribution in [-0.4, -0.2) is 17.3 Å². The van der Waals surface area contributed by atoms with E-state index in [0.29, 0.717) is 5.56 Å². The third kappa shape index (κ3) is 3.05. The van der Waals surface area contributed by atoms with Crippen LogP contribution in [-0.2, 0) is 0 Å². The van der Waals surface area contributed by atoms with Crippen molar-refractivity contribution in [1.82, 2.24) is 0 Å². The summed E-state index contributed by atoms with van der Waals surface area (Å²) in [6.07, 6.45) is -6.27. The van der Waals surface area contributed by atoms with Crippen LogP contribution in [0.5, 0.6) is 0 Å². The van der Waals surface area contributed by atoms with Crippen LogP contribution in [0.1, 0.15) is 18.1 Å². The van der Waals surface area contributed by atoms with Crippen molar-refractivity contribution in [2.75, 3.05) is 0 Å². The van der Waals surface area contributed by atoms with Gasteiger partial charge in [-0.2, -0.15) is 13.2 Å². The van der Waals surface area contributed by atoms with Crippen molar-refractivity contribution in [2.45, 2.75) is 24.7 Å². The number of hydrogen-bond donors (Lipinski definition) is 2. The summed E-state index contributed by atoms with van der Waals surface area (Å²) in [7, 11) is 0. The van der Waals surface area contributed by atoms with Gasteiger partial charge < -0.3 is 10.8 Å². The van der Waals surface area contributed by atoms with Gasteiger partial charge in [0.2, 0.25) is 0 Å². The summed E-state index contributed by atoms with van der Waals surface area (Å²) in [5.41, 5.74) is 5.52. The van der Waals surface area contributed by atoms with Crippen molar-refractivity contribution in [3.05, 3.63) is 48.0 Å². The van der Waals surface area contributed by atoms with Gasteiger partial charge in [-0.1, -0.05) is 42.5 Å². The number of benzene rings is 2. The second kappa shape index (κ2) is 5.19. The molecule has 2 aromatic rings. The molecular formula is C14H14F3NO. The maximum Gasteiger partial charge on any atom is 0.403 e. The fraction of sp³-hybridized carbons (Fsp3) is 0.286. The van der Waals surface area contributed by atoms with Crippen molar-refractivity contribution in [3.63, 3.8) is 0 Å². The molecule has 0 radical (unpaired) electrons. The van der Waals surface area contributed by atoms with E-state index in [1.54, 1.807) is 24.3 Å². The first-order valence-corrected chi connectivity index (χ1v) is 5.87. The zero-order chi connectivity index (χ0) is 14.0. The van der Waals surface area contributed by atoms with Gasteiger partial charge in [0.15, 0.2) is 0 Å². The number of rotatable bonds is 3. The highest BCUT2D eigenvalue weighted by Crippen LogP contribution is 2.30. The normalized spacial score (nSPS) is 15.4. The van der Waals surface area contributed by atoms with Crippen molar-refractivity contribution >= 4 is 10.8 Å². The predicted octanol–water partition coefficient (Wildman–Crippen LogP) is 3.15. The molecule has 0 aromatic heterocycles. The summed E-state index contributed by atoms with van der Waals surface area (Å²) in [5.74, 6) is 0. The van der Waals surface area contributed by atoms with Crippen LogP contribution in [0, 0.1) is 0 Å². The first-order valence-electron chi connectivity index (χ1n) is 5.87. The summed E-state index contributed by atoms with van der Waals surface area (Å²) in [6, 6.07) is 10.4. The van der Waals surface area contributed by atoms with Gasteiger partial charge >= 0.3 is 6.18 Å². The Kier molecular flexibility index (Phi) is 3.78. The van der Waals surface area contributed by atoms with E-state index in [4.69, 9.17) is 5.73 Å². The van der Waals surface area contributed by atoms with Gasteiger partial charge in [-0.3, -0.25) is 0 Å². The molecule has 2 nitrogen and oxygen atoms in total. The summed E-state index contributed by atoms with van der Waals surface area (Å²) in [6.45, 7) is 0. The average molecular weight is 269 g/mol. The van der Waals surface area contributed by atoms with Crippen LogP contribution in [0.25, 0.3) is 10.8 Å². The van der Waals surface area contributed by atoms with Crippen molar-refractivity contribution < 1.29 is 18.3 Å². The van der Waals surface area contributed by atoms with Gasteiger partial charge in [-0.25, -0.2) is 0 Å². The number of aliphatic hydroxyl groups is 1. The van der Waals surface area contributed by atoms with E-state index in [0.717, 1.165) is 10.8 Å². The zero-order valence-electron chi connectivity index (χ0n) is 10.1. The van der Waals surface area contributed by atoms with Crippen LogP contribution >= 0.6 is 0 Å². The van der Waals surface area contributed by atoms with Crippen molar-refractivity contribution in [2.24, 2.45) is 5.73 Å². The third-order valence-corrected chi connectivity index (χ3v) is 3.08. The Labute approximate surface area is 108 Å². The van der Waals surface area contributed by atoms with Gasteiger partial charge in [-0.15, -0.1) is 0 Å². The lowest BCUT2D eigenvalue weighted by molar-refractivity contribution is -0.153. The quantitative estimate of drug-likeness (QED) is 0.899. The lowest BCUT2D eigenvalue weighted by Crippen LogP contribution is -2.38. The van der Waals surface area contributed by atoms with Gasteiger partial charge in [-0.05, 0) is 16.3 Å². The van der Waals surface area contributed by atoms with Gasteiger partial charge in [0, 0.05) is 6.42 Å². The highest BCUT2D eigenvalue weighted by molar-refractivity contribution is 5.85. The molecule has 0 heterocycles. The molecule has 3 N–H and O–H groups in total. The van der Waals surface area contributed by atoms with Crippen molar-refractivity contribution in [3.8, 4) is 0 Å². The monoisotopic (exact) mass is 269 g/mol. The molecule has 0 unspecified atom stereocenters. The third-order valence-electron chi connectivity index (χ3n) is 3.08. The minimum atomic E-state index is -4.49. The van der Waals surface area contributed by atoms with Gasteiger partial charge in [0.1, 0.15) is 6.04 Å². The van der Waals surface area contributed by atoms with Crippen LogP contribution in [0.2, 0.25) is 0 Å². The Hall–Kier alpha value is -1.59. The number of halogens is 3. The molecule has 0 spiro atoms. The summed E-state index contributed by atoms with van der Waals surface area (Å²) in [4.78, 5) is 0. The highest BCUT2D eigenvalue weighted by Gasteiger charge is 2.38. The van der Waals surface area contributed by atoms with Gasteiger partial charge in [0.05, 0.1) is 6.10 Å². The fourth-order valence-corrected chi connectivity index (χ4v) is 2.04. The smallest absolute Gasteiger partial charge is 0.388 e. The second-order valence-corrected chi connectivity index (χ2v) is 4.47. The molecule has 0 aliphatic rings. The average Bonchev–Trinajstić information content (AvgIpc) is 2.36. The summed E-state index contributed by atoms with van der Waals surface area (Å²) >= 11 is 0. The first kappa shape index (κ1) is 13.8. The molecule has 0 aliphatic carbocycles. The second-order valence-electron chi connectivity index (χ2n) is 4.47. The van der Waals surface area contributed by atoms with E-state index < -0.39 is 24.7 Å². The lowest BCUT2D eigenvalue weighted by atomic mass is 9.96. The molecule has 0 aliphatic heterocycles. The van der Waals surface area contributed by atoms with E-state index in [9.17, 15) is 18.3 Å². The standard InChI is InChI=1S/C14H14F3NO/c15-14(16,17)13(18)8-12(19)11-7-3-5-9-4-1-2-6-10(9)11/h1-7,12-13,19H,8,18H2/t12-,13-/m0/s1. The van der Waals surface area contributed by atoms with E-state index in [-0.39, 0.29) is 0 Å². The maximum absolute atomic E-state index is 12.4. The van der Waals surface area contributed by atoms with Crippen molar-refractivity contribution in [1.29, 1.82) is 0 Å². The molecule has 0 bridgehead atoms. The number of alkyl halides is 3. The number of fused-ring (bicyclic) bond motifs is 1. The minimum absolute atomic E-state index is 0.470. The molecule has 0 fully saturated rings. The molecular weight excluding hydrogens is 255 g/mol. The fourth-order valence-electron chi connectivity index (χ4n) is 2.04. The highest BCUT2D eigenvalue weighted by atomic mass is 19.4. The Morgan fingerprint density at radius 1 is 1.05 bits per heavy atom. The molecule has 2 rings (SSSR count). The maximum atomic E-state index is 12.4. The van der Waals surface area contributed by atoms with E-state index >= 15 is 0 Å². The molecule has 0 saturated carbocycles. The zero-order valence-corrected chi connectivity index (χ0v) is 10.1. The molecule has 102 valence electrons. The van der Waals surface area contributed by atoms with Crippen LogP contribution < -0.4 is 5.73 Å². The Balaban J connectivity index is 2.29. The molecule has 2 atom stereocenters. The predicted molar refractivity (Wildman–Crippen MR) is 67.6 cm³/mol. The lowest BCUT2D eigenvalue weighted by Gasteiger charge is -2.20. The number of aliphatic hydroxyl groups excluding tert-OH is 1. The number of nitrogens with two attached hydrogens (primary N) is 1. The Morgan fingerprint density at radius 2 is 1.68 bits per heavy atom. The summed E-state index contributed by atoms with van der Waals surface area (Å²) in [5, 5.41) is 11.6. The minimum Gasteiger partial charge on any atom is -0.388 e. The molecule has 0 amide bonds. The summed E-state index contributed by atoms with van der Waals surface area (Å²) < 4.78 is 37.2. The molecule has 5 heteroatoms. The molecule has 19 heavy (non-hydrogen) atoms. The molecule has 0 saturated heterocycles. The van der Waals surface area contributed by atoms with Crippen LogP contribution in [0.4, 0.5) is 13.2 Å². The van der Waals surface area contributed by atoms with E-state index in [2.05, 4.69) is 0 Å². The van der Waals surface area contributed by atoms with Crippen LogP contribution in [0.15, 0.2) is 42.5 Å². The van der Waals surface area contributed by atoms with E-state index in [1.807, 2.05) is 18.2 Å². The Bertz CT molecular complexity index is 563. The van der Waals surface area contributed by atoms with Gasteiger partial charge in [0.25, 0.3) is 0 Å². The first-order chi connectivity index (χ1) is 8.89. The SMILES string of the molecule is N[C@@H](C[C@H](O)c1cccc2ccccc12)C(F)(F)F. The van der Waals surface area contributed by atoms with E-state index in [1.165, 1.54) is 0 Å². The molecule has 2 aromatic carbocycles. The number of hydrogen-bond acceptors (Lipinski definition) is 2. The van der Waals surface area contributed by atoms with Crippen LogP contribution in [0.3, 0.4) is 0 Å². The Morgan fingerprint density at radius 3 is 2.37 bits per heavy atom. The topological polar surface area (TPSA) is 46.2 Å². The largest absolute Gasteiger partial charge is 0.403 e.